The van der Waals surface area contributed by atoms with Crippen LogP contribution in [-0.2, 0) is 4.74 Å². The van der Waals surface area contributed by atoms with Gasteiger partial charge >= 0.3 is 6.09 Å². The molecule has 0 bridgehead atoms. The van der Waals surface area contributed by atoms with Crippen molar-refractivity contribution in [1.82, 2.24) is 9.78 Å². The maximum absolute atomic E-state index is 12.7. The Balaban J connectivity index is 1.75. The molecule has 0 aliphatic heterocycles. The van der Waals surface area contributed by atoms with Gasteiger partial charge in [0.25, 0.3) is 5.91 Å². The van der Waals surface area contributed by atoms with Crippen LogP contribution in [0.2, 0.25) is 0 Å². The van der Waals surface area contributed by atoms with Crippen LogP contribution in [0.1, 0.15) is 17.3 Å². The van der Waals surface area contributed by atoms with Gasteiger partial charge in [0.2, 0.25) is 0 Å². The standard InChI is InChI=1S/C20H20N4O3/c1-3-27-20(26)23(2)16-11-9-15(10-12-16)22-19(25)17-7-4-5-8-18(17)24-14-6-13-21-24/h4-14H,3H2,1-2H3,(H,22,25). The van der Waals surface area contributed by atoms with E-state index in [9.17, 15) is 9.59 Å². The van der Waals surface area contributed by atoms with Gasteiger partial charge < -0.3 is 10.1 Å². The Morgan fingerprint density at radius 3 is 2.52 bits per heavy atom. The molecule has 2 aromatic carbocycles. The van der Waals surface area contributed by atoms with Crippen molar-refractivity contribution in [2.75, 3.05) is 23.9 Å². The maximum Gasteiger partial charge on any atom is 0.413 e. The van der Waals surface area contributed by atoms with E-state index in [0.717, 1.165) is 0 Å². The summed E-state index contributed by atoms with van der Waals surface area (Å²) in [4.78, 5) is 25.9. The van der Waals surface area contributed by atoms with Crippen LogP contribution in [0.4, 0.5) is 16.2 Å². The Bertz CT molecular complexity index is 921. The molecule has 0 spiro atoms. The summed E-state index contributed by atoms with van der Waals surface area (Å²) in [6, 6.07) is 16.0. The third kappa shape index (κ3) is 4.14. The Morgan fingerprint density at radius 1 is 1.11 bits per heavy atom. The third-order valence-corrected chi connectivity index (χ3v) is 3.95. The second kappa shape index (κ2) is 8.18. The van der Waals surface area contributed by atoms with Gasteiger partial charge in [0.15, 0.2) is 0 Å². The molecular formula is C20H20N4O3. The molecule has 0 atom stereocenters. The van der Waals surface area contributed by atoms with Crippen LogP contribution < -0.4 is 10.2 Å². The highest BCUT2D eigenvalue weighted by atomic mass is 16.6. The number of nitrogens with one attached hydrogen (secondary N) is 1. The molecule has 3 rings (SSSR count). The van der Waals surface area contributed by atoms with Gasteiger partial charge in [0, 0.05) is 30.8 Å². The molecule has 0 unspecified atom stereocenters. The molecule has 0 fully saturated rings. The van der Waals surface area contributed by atoms with Gasteiger partial charge in [0.05, 0.1) is 17.9 Å². The van der Waals surface area contributed by atoms with Crippen LogP contribution in [0.3, 0.4) is 0 Å². The number of amides is 2. The molecule has 0 aliphatic rings. The van der Waals surface area contributed by atoms with Crippen molar-refractivity contribution in [2.45, 2.75) is 6.92 Å². The smallest absolute Gasteiger partial charge is 0.413 e. The van der Waals surface area contributed by atoms with E-state index in [0.29, 0.717) is 29.2 Å². The normalized spacial score (nSPS) is 10.3. The zero-order valence-corrected chi connectivity index (χ0v) is 15.1. The number of benzene rings is 2. The second-order valence-corrected chi connectivity index (χ2v) is 5.73. The highest BCUT2D eigenvalue weighted by Crippen LogP contribution is 2.20. The van der Waals surface area contributed by atoms with Crippen LogP contribution >= 0.6 is 0 Å². The summed E-state index contributed by atoms with van der Waals surface area (Å²) in [5.41, 5.74) is 2.49. The number of carbonyl (C=O) groups excluding carboxylic acids is 2. The van der Waals surface area contributed by atoms with E-state index in [2.05, 4.69) is 10.4 Å². The zero-order valence-electron chi connectivity index (χ0n) is 15.1. The topological polar surface area (TPSA) is 76.5 Å². The summed E-state index contributed by atoms with van der Waals surface area (Å²) in [5.74, 6) is -0.243. The highest BCUT2D eigenvalue weighted by Gasteiger charge is 2.14. The van der Waals surface area contributed by atoms with Crippen molar-refractivity contribution >= 4 is 23.4 Å². The molecule has 7 nitrogen and oxygen atoms in total. The number of aromatic nitrogens is 2. The summed E-state index contributed by atoms with van der Waals surface area (Å²) >= 11 is 0. The first-order valence-electron chi connectivity index (χ1n) is 8.51. The van der Waals surface area contributed by atoms with Gasteiger partial charge in [-0.15, -0.1) is 0 Å². The first-order valence-corrected chi connectivity index (χ1v) is 8.51. The quantitative estimate of drug-likeness (QED) is 0.749. The van der Waals surface area contributed by atoms with E-state index in [1.807, 2.05) is 12.1 Å². The predicted octanol–water partition coefficient (Wildman–Crippen LogP) is 3.72. The fraction of sp³-hybridized carbons (Fsp3) is 0.150. The first kappa shape index (κ1) is 18.2. The minimum Gasteiger partial charge on any atom is -0.449 e. The van der Waals surface area contributed by atoms with Gasteiger partial charge in [-0.25, -0.2) is 9.48 Å². The third-order valence-electron chi connectivity index (χ3n) is 3.95. The van der Waals surface area contributed by atoms with Crippen LogP contribution in [-0.4, -0.2) is 35.4 Å². The Morgan fingerprint density at radius 2 is 1.85 bits per heavy atom. The van der Waals surface area contributed by atoms with E-state index in [1.165, 1.54) is 4.90 Å². The van der Waals surface area contributed by atoms with Crippen LogP contribution in [0, 0.1) is 0 Å². The lowest BCUT2D eigenvalue weighted by Crippen LogP contribution is -2.26. The van der Waals surface area contributed by atoms with Crippen molar-refractivity contribution in [1.29, 1.82) is 0 Å². The summed E-state index contributed by atoms with van der Waals surface area (Å²) in [7, 11) is 1.63. The van der Waals surface area contributed by atoms with Crippen LogP contribution in [0.15, 0.2) is 67.0 Å². The number of rotatable bonds is 5. The van der Waals surface area contributed by atoms with E-state index in [4.69, 9.17) is 4.74 Å². The van der Waals surface area contributed by atoms with Crippen molar-refractivity contribution in [3.8, 4) is 5.69 Å². The molecule has 1 aromatic heterocycles. The zero-order chi connectivity index (χ0) is 19.2. The molecule has 0 saturated heterocycles. The molecule has 0 aliphatic carbocycles. The number of hydrogen-bond acceptors (Lipinski definition) is 4. The highest BCUT2D eigenvalue weighted by molar-refractivity contribution is 6.06. The molecule has 0 radical (unpaired) electrons. The van der Waals surface area contributed by atoms with Crippen molar-refractivity contribution in [2.24, 2.45) is 0 Å². The Hall–Kier alpha value is -3.61. The Labute approximate surface area is 157 Å². The molecular weight excluding hydrogens is 344 g/mol. The number of nitrogens with zero attached hydrogens (tertiary/aromatic N) is 3. The minimum atomic E-state index is -0.428. The second-order valence-electron chi connectivity index (χ2n) is 5.73. The largest absolute Gasteiger partial charge is 0.449 e. The van der Waals surface area contributed by atoms with E-state index in [-0.39, 0.29) is 5.91 Å². The van der Waals surface area contributed by atoms with Crippen LogP contribution in [0.25, 0.3) is 5.69 Å². The molecule has 1 N–H and O–H groups in total. The molecule has 27 heavy (non-hydrogen) atoms. The first-order chi connectivity index (χ1) is 13.1. The minimum absolute atomic E-state index is 0.243. The Kier molecular flexibility index (Phi) is 5.51. The van der Waals surface area contributed by atoms with E-state index >= 15 is 0 Å². The summed E-state index contributed by atoms with van der Waals surface area (Å²) in [5, 5.41) is 7.05. The van der Waals surface area contributed by atoms with Crippen LogP contribution in [0.5, 0.6) is 0 Å². The van der Waals surface area contributed by atoms with Gasteiger partial charge in [-0.3, -0.25) is 9.69 Å². The lowest BCUT2D eigenvalue weighted by Gasteiger charge is -2.17. The van der Waals surface area contributed by atoms with Gasteiger partial charge in [-0.1, -0.05) is 12.1 Å². The van der Waals surface area contributed by atoms with Gasteiger partial charge in [-0.05, 0) is 49.4 Å². The number of ether oxygens (including phenoxy) is 1. The SMILES string of the molecule is CCOC(=O)N(C)c1ccc(NC(=O)c2ccccc2-n2cccn2)cc1. The molecule has 1 heterocycles. The average Bonchev–Trinajstić information content (AvgIpc) is 3.23. The van der Waals surface area contributed by atoms with Crippen molar-refractivity contribution in [3.63, 3.8) is 0 Å². The molecule has 138 valence electrons. The summed E-state index contributed by atoms with van der Waals surface area (Å²) in [6.07, 6.45) is 3.02. The fourth-order valence-electron chi connectivity index (χ4n) is 2.57. The van der Waals surface area contributed by atoms with E-state index < -0.39 is 6.09 Å². The van der Waals surface area contributed by atoms with E-state index in [1.54, 1.807) is 73.5 Å². The predicted molar refractivity (Wildman–Crippen MR) is 103 cm³/mol. The summed E-state index contributed by atoms with van der Waals surface area (Å²) < 4.78 is 6.61. The maximum atomic E-state index is 12.7. The molecule has 2 amide bonds. The van der Waals surface area contributed by atoms with Gasteiger partial charge in [-0.2, -0.15) is 5.10 Å². The van der Waals surface area contributed by atoms with Gasteiger partial charge in [0.1, 0.15) is 0 Å². The van der Waals surface area contributed by atoms with Crippen molar-refractivity contribution < 1.29 is 14.3 Å². The molecule has 3 aromatic rings. The number of anilines is 2. The number of hydrogen-bond donors (Lipinski definition) is 1. The monoisotopic (exact) mass is 364 g/mol. The lowest BCUT2D eigenvalue weighted by atomic mass is 10.1. The average molecular weight is 364 g/mol. The number of carbonyl (C=O) groups is 2. The van der Waals surface area contributed by atoms with Crippen molar-refractivity contribution in [3.05, 3.63) is 72.6 Å². The fourth-order valence-corrected chi connectivity index (χ4v) is 2.57. The number of para-hydroxylation sites is 1. The molecule has 7 heteroatoms. The summed E-state index contributed by atoms with van der Waals surface area (Å²) in [6.45, 7) is 2.07. The lowest BCUT2D eigenvalue weighted by molar-refractivity contribution is 0.102. The molecule has 0 saturated carbocycles.